The lowest BCUT2D eigenvalue weighted by Crippen LogP contribution is -2.18. The summed E-state index contributed by atoms with van der Waals surface area (Å²) < 4.78 is 22.5. The Morgan fingerprint density at radius 3 is 1.84 bits per heavy atom. The minimum Gasteiger partial charge on any atom is -0.475 e. The van der Waals surface area contributed by atoms with Crippen molar-refractivity contribution in [2.45, 2.75) is 97.7 Å². The van der Waals surface area contributed by atoms with Gasteiger partial charge in [0.15, 0.2) is 13.1 Å². The predicted molar refractivity (Wildman–Crippen MR) is 105 cm³/mol. The Labute approximate surface area is 156 Å². The molecule has 0 aromatic heterocycles. The van der Waals surface area contributed by atoms with Gasteiger partial charge in [0.1, 0.15) is 0 Å². The molecular weight excluding hydrogens is 316 g/mol. The quantitative estimate of drug-likeness (QED) is 0.147. The van der Waals surface area contributed by atoms with Crippen LogP contribution in [-0.4, -0.2) is 32.9 Å². The Balaban J connectivity index is 3.73. The van der Waals surface area contributed by atoms with Crippen LogP contribution in [0.5, 0.6) is 0 Å². The van der Waals surface area contributed by atoms with Crippen LogP contribution >= 0.6 is 0 Å². The van der Waals surface area contributed by atoms with E-state index in [-0.39, 0.29) is 6.29 Å². The highest BCUT2D eigenvalue weighted by Crippen LogP contribution is 2.09. The van der Waals surface area contributed by atoms with Gasteiger partial charge in [0.25, 0.3) is 0 Å². The summed E-state index contributed by atoms with van der Waals surface area (Å²) in [5.74, 6) is 0. The van der Waals surface area contributed by atoms with Gasteiger partial charge < -0.3 is 18.9 Å². The topological polar surface area (TPSA) is 36.9 Å². The lowest BCUT2D eigenvalue weighted by atomic mass is 10.2. The zero-order valence-corrected chi connectivity index (χ0v) is 17.0. The van der Waals surface area contributed by atoms with Crippen molar-refractivity contribution in [3.63, 3.8) is 0 Å². The van der Waals surface area contributed by atoms with Gasteiger partial charge in [0, 0.05) is 19.6 Å². The van der Waals surface area contributed by atoms with E-state index in [0.717, 1.165) is 51.9 Å². The van der Waals surface area contributed by atoms with Crippen molar-refractivity contribution in [2.75, 3.05) is 26.6 Å². The monoisotopic (exact) mass is 358 g/mol. The molecule has 0 aliphatic carbocycles. The minimum absolute atomic E-state index is 0.0938. The van der Waals surface area contributed by atoms with E-state index in [0.29, 0.717) is 6.79 Å². The summed E-state index contributed by atoms with van der Waals surface area (Å²) >= 11 is 0. The van der Waals surface area contributed by atoms with E-state index in [1.807, 2.05) is 6.08 Å². The maximum Gasteiger partial charge on any atom is 0.188 e. The van der Waals surface area contributed by atoms with Crippen LogP contribution in [-0.2, 0) is 18.9 Å². The molecule has 0 aliphatic heterocycles. The molecule has 4 nitrogen and oxygen atoms in total. The first kappa shape index (κ1) is 24.4. The summed E-state index contributed by atoms with van der Waals surface area (Å²) in [4.78, 5) is 0. The first-order chi connectivity index (χ1) is 12.3. The van der Waals surface area contributed by atoms with Gasteiger partial charge in [0.05, 0.1) is 12.9 Å². The third kappa shape index (κ3) is 19.6. The zero-order chi connectivity index (χ0) is 18.4. The highest BCUT2D eigenvalue weighted by molar-refractivity contribution is 4.73. The fourth-order valence-electron chi connectivity index (χ4n) is 2.32. The van der Waals surface area contributed by atoms with E-state index >= 15 is 0 Å². The Bertz CT molecular complexity index is 257. The number of allylic oxidation sites excluding steroid dienone is 1. The molecule has 0 spiro atoms. The van der Waals surface area contributed by atoms with Gasteiger partial charge in [-0.2, -0.15) is 0 Å². The second kappa shape index (κ2) is 21.5. The molecule has 0 amide bonds. The highest BCUT2D eigenvalue weighted by Gasteiger charge is 2.08. The summed E-state index contributed by atoms with van der Waals surface area (Å²) in [5.41, 5.74) is 0. The summed E-state index contributed by atoms with van der Waals surface area (Å²) in [6.07, 6.45) is 16.0. The van der Waals surface area contributed by atoms with E-state index in [1.165, 1.54) is 38.5 Å². The molecule has 0 aliphatic rings. The van der Waals surface area contributed by atoms with E-state index in [2.05, 4.69) is 20.8 Å². The van der Waals surface area contributed by atoms with Gasteiger partial charge in [-0.3, -0.25) is 0 Å². The molecule has 0 bridgehead atoms. The molecule has 4 heteroatoms. The van der Waals surface area contributed by atoms with Crippen LogP contribution in [0.2, 0.25) is 0 Å². The molecule has 0 aromatic carbocycles. The Hall–Kier alpha value is -0.580. The van der Waals surface area contributed by atoms with Crippen LogP contribution in [0.4, 0.5) is 0 Å². The molecule has 0 rings (SSSR count). The zero-order valence-electron chi connectivity index (χ0n) is 17.0. The average Bonchev–Trinajstić information content (AvgIpc) is 2.63. The van der Waals surface area contributed by atoms with Crippen molar-refractivity contribution in [3.05, 3.63) is 12.3 Å². The number of rotatable bonds is 20. The van der Waals surface area contributed by atoms with Crippen LogP contribution in [0.3, 0.4) is 0 Å². The fourth-order valence-corrected chi connectivity index (χ4v) is 2.32. The molecule has 0 saturated carbocycles. The normalized spacial score (nSPS) is 11.7. The first-order valence-electron chi connectivity index (χ1n) is 10.4. The maximum absolute atomic E-state index is 5.89. The number of ether oxygens (including phenoxy) is 4. The van der Waals surface area contributed by atoms with Gasteiger partial charge in [-0.25, -0.2) is 0 Å². The fraction of sp³-hybridized carbons (Fsp3) is 0.905. The van der Waals surface area contributed by atoms with Gasteiger partial charge in [-0.05, 0) is 31.8 Å². The first-order valence-corrected chi connectivity index (χ1v) is 10.4. The van der Waals surface area contributed by atoms with Crippen molar-refractivity contribution in [3.8, 4) is 0 Å². The van der Waals surface area contributed by atoms with Crippen LogP contribution < -0.4 is 0 Å². The van der Waals surface area contributed by atoms with Crippen LogP contribution in [0, 0.1) is 0 Å². The van der Waals surface area contributed by atoms with Crippen LogP contribution in [0.15, 0.2) is 12.3 Å². The molecule has 150 valence electrons. The van der Waals surface area contributed by atoms with Gasteiger partial charge >= 0.3 is 0 Å². The third-order valence-corrected chi connectivity index (χ3v) is 3.91. The number of hydrogen-bond acceptors (Lipinski definition) is 4. The molecule has 0 unspecified atom stereocenters. The maximum atomic E-state index is 5.89. The van der Waals surface area contributed by atoms with E-state index in [4.69, 9.17) is 18.9 Å². The Morgan fingerprint density at radius 1 is 0.720 bits per heavy atom. The lowest BCUT2D eigenvalue weighted by molar-refractivity contribution is -0.146. The van der Waals surface area contributed by atoms with Gasteiger partial charge in [0.2, 0.25) is 0 Å². The molecule has 0 atom stereocenters. The van der Waals surface area contributed by atoms with Crippen molar-refractivity contribution in [1.29, 1.82) is 0 Å². The average molecular weight is 359 g/mol. The smallest absolute Gasteiger partial charge is 0.188 e. The van der Waals surface area contributed by atoms with Crippen molar-refractivity contribution >= 4 is 0 Å². The summed E-state index contributed by atoms with van der Waals surface area (Å²) in [7, 11) is 0. The second-order valence-electron chi connectivity index (χ2n) is 6.43. The van der Waals surface area contributed by atoms with E-state index in [1.54, 1.807) is 6.26 Å². The van der Waals surface area contributed by atoms with Crippen molar-refractivity contribution in [1.82, 2.24) is 0 Å². The number of hydrogen-bond donors (Lipinski definition) is 0. The predicted octanol–water partition coefficient (Wildman–Crippen LogP) is 6.20. The van der Waals surface area contributed by atoms with Gasteiger partial charge in [-0.15, -0.1) is 0 Å². The SMILES string of the molecule is CCCCCOCOC=CCCC(OCCCCC)OCCCCC. The molecule has 0 N–H and O–H groups in total. The third-order valence-electron chi connectivity index (χ3n) is 3.91. The second-order valence-corrected chi connectivity index (χ2v) is 6.43. The molecule has 0 aromatic rings. The minimum atomic E-state index is -0.0938. The van der Waals surface area contributed by atoms with E-state index in [9.17, 15) is 0 Å². The standard InChI is InChI=1S/C21H42O4/c1-4-7-11-16-22-20-23-17-14-10-15-21(24-18-12-8-5-2)25-19-13-9-6-3/h14,17,21H,4-13,15-16,18-20H2,1-3H3. The molecule has 0 heterocycles. The molecule has 25 heavy (non-hydrogen) atoms. The molecule has 0 saturated heterocycles. The lowest BCUT2D eigenvalue weighted by Gasteiger charge is -2.18. The van der Waals surface area contributed by atoms with Crippen molar-refractivity contribution < 1.29 is 18.9 Å². The number of unbranched alkanes of at least 4 members (excludes halogenated alkanes) is 6. The van der Waals surface area contributed by atoms with Gasteiger partial charge in [-0.1, -0.05) is 59.3 Å². The van der Waals surface area contributed by atoms with E-state index < -0.39 is 0 Å². The highest BCUT2D eigenvalue weighted by atomic mass is 16.7. The molecular formula is C21H42O4. The Kier molecular flexibility index (Phi) is 21.0. The molecule has 0 radical (unpaired) electrons. The summed E-state index contributed by atoms with van der Waals surface area (Å²) in [6.45, 7) is 9.30. The largest absolute Gasteiger partial charge is 0.475 e. The summed E-state index contributed by atoms with van der Waals surface area (Å²) in [5, 5.41) is 0. The van der Waals surface area contributed by atoms with Crippen LogP contribution in [0.25, 0.3) is 0 Å². The Morgan fingerprint density at radius 2 is 1.28 bits per heavy atom. The molecule has 0 fully saturated rings. The summed E-state index contributed by atoms with van der Waals surface area (Å²) in [6, 6.07) is 0. The van der Waals surface area contributed by atoms with Crippen molar-refractivity contribution in [2.24, 2.45) is 0 Å². The van der Waals surface area contributed by atoms with Crippen LogP contribution in [0.1, 0.15) is 91.4 Å².